The molecule has 0 radical (unpaired) electrons. The molecule has 0 fully saturated rings. The molecule has 0 spiro atoms. The van der Waals surface area contributed by atoms with Gasteiger partial charge in [0.05, 0.1) is 0 Å². The van der Waals surface area contributed by atoms with Crippen LogP contribution in [-0.4, -0.2) is 12.1 Å². The van der Waals surface area contributed by atoms with Gasteiger partial charge >= 0.3 is 6.09 Å². The van der Waals surface area contributed by atoms with Crippen LogP contribution in [0.2, 0.25) is 0 Å². The predicted octanol–water partition coefficient (Wildman–Crippen LogP) is 2.62. The Hall–Kier alpha value is -1.51. The molecule has 0 aliphatic heterocycles. The number of hydrogen-bond acceptors (Lipinski definition) is 2. The third-order valence-electron chi connectivity index (χ3n) is 1.10. The molecule has 0 saturated heterocycles. The molecule has 1 N–H and O–H groups in total. The molecule has 0 atom stereocenters. The lowest BCUT2D eigenvalue weighted by molar-refractivity contribution is 0.176. The Morgan fingerprint density at radius 3 is 2.54 bits per heavy atom. The minimum atomic E-state index is -0.483. The maximum absolute atomic E-state index is 11.0. The fourth-order valence-corrected chi connectivity index (χ4v) is 0.632. The van der Waals surface area contributed by atoms with Crippen molar-refractivity contribution in [3.8, 4) is 0 Å². The molecule has 0 rings (SSSR count). The summed E-state index contributed by atoms with van der Waals surface area (Å²) < 4.78 is 4.87. The molecule has 3 heteroatoms. The van der Waals surface area contributed by atoms with Gasteiger partial charge in [-0.3, -0.25) is 0 Å². The van der Waals surface area contributed by atoms with Crippen LogP contribution in [0, 0.1) is 0 Å². The van der Waals surface area contributed by atoms with Crippen molar-refractivity contribution < 1.29 is 11.0 Å². The van der Waals surface area contributed by atoms with E-state index in [1.165, 1.54) is 12.2 Å². The number of ether oxygens (including phenoxy) is 1. The van der Waals surface area contributed by atoms with E-state index < -0.39 is 6.09 Å². The smallest absolute Gasteiger partial charge is 0.410 e. The van der Waals surface area contributed by atoms with E-state index in [0.29, 0.717) is 5.76 Å². The number of rotatable bonds is 4. The summed E-state index contributed by atoms with van der Waals surface area (Å²) in [6.07, 6.45) is 4.05. The number of nitrogens with one attached hydrogen (secondary N) is 1. The summed E-state index contributed by atoms with van der Waals surface area (Å²) in [7, 11) is 0. The van der Waals surface area contributed by atoms with Gasteiger partial charge in [-0.15, -0.1) is 0 Å². The van der Waals surface area contributed by atoms with E-state index in [1.54, 1.807) is 6.08 Å². The van der Waals surface area contributed by atoms with Crippen LogP contribution < -0.4 is 5.32 Å². The maximum Gasteiger partial charge on any atom is 0.412 e. The van der Waals surface area contributed by atoms with Crippen molar-refractivity contribution in [1.29, 1.82) is 0 Å². The highest BCUT2D eigenvalue weighted by atomic mass is 16.6. The predicted molar refractivity (Wildman–Crippen MR) is 55.3 cm³/mol. The van der Waals surface area contributed by atoms with Crippen molar-refractivity contribution in [2.75, 3.05) is 0 Å². The molecule has 0 saturated carbocycles. The maximum atomic E-state index is 11.0. The average molecular weight is 183 g/mol. The Balaban J connectivity index is 0. The number of alkyl carbamates (subject to hydrolysis) is 1. The second-order valence-electron chi connectivity index (χ2n) is 2.70. The van der Waals surface area contributed by atoms with Gasteiger partial charge in [0.1, 0.15) is 5.76 Å². The monoisotopic (exact) mass is 183 g/mol. The van der Waals surface area contributed by atoms with Crippen molar-refractivity contribution >= 4 is 6.09 Å². The van der Waals surface area contributed by atoms with E-state index in [9.17, 15) is 4.79 Å². The van der Waals surface area contributed by atoms with Gasteiger partial charge in [0.25, 0.3) is 0 Å². The lowest BCUT2D eigenvalue weighted by Gasteiger charge is -2.08. The van der Waals surface area contributed by atoms with E-state index in [-0.39, 0.29) is 7.47 Å². The normalized spacial score (nSPS) is 10.8. The lowest BCUT2D eigenvalue weighted by atomic mass is 10.4. The van der Waals surface area contributed by atoms with E-state index in [4.69, 9.17) is 4.74 Å². The molecule has 74 valence electrons. The van der Waals surface area contributed by atoms with Crippen LogP contribution in [0.4, 0.5) is 4.79 Å². The highest BCUT2D eigenvalue weighted by Gasteiger charge is 2.04. The fourth-order valence-electron chi connectivity index (χ4n) is 0.632. The summed E-state index contributed by atoms with van der Waals surface area (Å²) >= 11 is 0. The van der Waals surface area contributed by atoms with Crippen molar-refractivity contribution in [2.45, 2.75) is 19.9 Å². The van der Waals surface area contributed by atoms with Gasteiger partial charge in [-0.25, -0.2) is 4.79 Å². The molecule has 0 heterocycles. The zero-order valence-corrected chi connectivity index (χ0v) is 8.04. The van der Waals surface area contributed by atoms with Crippen molar-refractivity contribution in [1.82, 2.24) is 5.32 Å². The molecule has 1 amide bonds. The van der Waals surface area contributed by atoms with Gasteiger partial charge in [0.15, 0.2) is 0 Å². The summed E-state index contributed by atoms with van der Waals surface area (Å²) in [5.74, 6) is 0.383. The zero-order chi connectivity index (χ0) is 10.3. The van der Waals surface area contributed by atoms with Gasteiger partial charge < -0.3 is 10.1 Å². The number of allylic oxidation sites excluding steroid dienone is 3. The zero-order valence-electron chi connectivity index (χ0n) is 8.04. The molecule has 0 aliphatic rings. The van der Waals surface area contributed by atoms with Gasteiger partial charge in [0.2, 0.25) is 0 Å². The van der Waals surface area contributed by atoms with Gasteiger partial charge in [-0.1, -0.05) is 19.2 Å². The molecule has 3 nitrogen and oxygen atoms in total. The minimum Gasteiger partial charge on any atom is -0.410 e. The topological polar surface area (TPSA) is 38.3 Å². The standard InChI is InChI=1S/C10H15NO2.H2/c1-5-7-9(6-2)13-10(12)11-8(3)4;/h5-8H,1-2H2,3-4H3,(H,11,12);1H/b9-7+;. The lowest BCUT2D eigenvalue weighted by Crippen LogP contribution is -2.30. The van der Waals surface area contributed by atoms with E-state index in [1.807, 2.05) is 13.8 Å². The molecule has 0 aromatic heterocycles. The van der Waals surface area contributed by atoms with Crippen molar-refractivity contribution in [2.24, 2.45) is 0 Å². The van der Waals surface area contributed by atoms with Crippen LogP contribution in [0.25, 0.3) is 0 Å². The summed E-state index contributed by atoms with van der Waals surface area (Å²) in [6.45, 7) is 10.7. The van der Waals surface area contributed by atoms with Gasteiger partial charge in [-0.05, 0) is 26.0 Å². The van der Waals surface area contributed by atoms with Crippen LogP contribution in [0.3, 0.4) is 0 Å². The molecule has 0 unspecified atom stereocenters. The summed E-state index contributed by atoms with van der Waals surface area (Å²) in [4.78, 5) is 11.0. The van der Waals surface area contributed by atoms with Crippen molar-refractivity contribution in [3.63, 3.8) is 0 Å². The van der Waals surface area contributed by atoms with E-state index in [0.717, 1.165) is 0 Å². The van der Waals surface area contributed by atoms with Crippen LogP contribution >= 0.6 is 0 Å². The third-order valence-corrected chi connectivity index (χ3v) is 1.10. The SMILES string of the molecule is C=C/C=C(\C=C)OC(=O)NC(C)C.[HH]. The fraction of sp³-hybridized carbons (Fsp3) is 0.300. The summed E-state index contributed by atoms with van der Waals surface area (Å²) in [5, 5.41) is 2.58. The van der Waals surface area contributed by atoms with E-state index in [2.05, 4.69) is 18.5 Å². The second kappa shape index (κ2) is 6.06. The first kappa shape index (κ1) is 11.5. The number of hydrogen-bond donors (Lipinski definition) is 1. The number of carbonyl (C=O) groups is 1. The first-order valence-corrected chi connectivity index (χ1v) is 4.03. The Labute approximate surface area is 80.3 Å². The third kappa shape index (κ3) is 5.73. The molecule has 13 heavy (non-hydrogen) atoms. The molecule has 0 aromatic rings. The van der Waals surface area contributed by atoms with Gasteiger partial charge in [-0.2, -0.15) is 0 Å². The van der Waals surface area contributed by atoms with Gasteiger partial charge in [0, 0.05) is 7.47 Å². The second-order valence-corrected chi connectivity index (χ2v) is 2.70. The number of carbonyl (C=O) groups excluding carboxylic acids is 1. The Morgan fingerprint density at radius 1 is 1.54 bits per heavy atom. The molecular formula is C10H17NO2. The minimum absolute atomic E-state index is 0. The van der Waals surface area contributed by atoms with Crippen LogP contribution in [0.1, 0.15) is 15.3 Å². The highest BCUT2D eigenvalue weighted by molar-refractivity contribution is 5.69. The number of amides is 1. The quantitative estimate of drug-likeness (QED) is 0.537. The van der Waals surface area contributed by atoms with Crippen LogP contribution in [-0.2, 0) is 4.74 Å². The molecule has 0 aliphatic carbocycles. The highest BCUT2D eigenvalue weighted by Crippen LogP contribution is 1.99. The molecular weight excluding hydrogens is 166 g/mol. The van der Waals surface area contributed by atoms with Crippen LogP contribution in [0.15, 0.2) is 37.1 Å². The Bertz CT molecular complexity index is 234. The first-order valence-electron chi connectivity index (χ1n) is 4.03. The van der Waals surface area contributed by atoms with Crippen LogP contribution in [0.5, 0.6) is 0 Å². The largest absolute Gasteiger partial charge is 0.412 e. The summed E-state index contributed by atoms with van der Waals surface area (Å²) in [6, 6.07) is 0.0577. The average Bonchev–Trinajstić information content (AvgIpc) is 2.02. The Morgan fingerprint density at radius 2 is 2.15 bits per heavy atom. The Kier molecular flexibility index (Phi) is 5.35. The molecule has 0 aromatic carbocycles. The summed E-state index contributed by atoms with van der Waals surface area (Å²) in [5.41, 5.74) is 0. The van der Waals surface area contributed by atoms with E-state index >= 15 is 0 Å². The van der Waals surface area contributed by atoms with Crippen molar-refractivity contribution in [3.05, 3.63) is 37.1 Å². The molecule has 0 bridgehead atoms. The first-order chi connectivity index (χ1) is 6.10.